The first-order valence-electron chi connectivity index (χ1n) is 8.43. The van der Waals surface area contributed by atoms with E-state index in [1.165, 1.54) is 6.92 Å². The number of hydrogen-bond donors (Lipinski definition) is 8. The fraction of sp³-hybridized carbons (Fsp3) is 0.800. The molecule has 0 aliphatic carbocycles. The zero-order valence-corrected chi connectivity index (χ0v) is 14.7. The maximum Gasteiger partial charge on any atom is 0.326 e. The van der Waals surface area contributed by atoms with Crippen molar-refractivity contribution in [2.45, 2.75) is 69.0 Å². The smallest absolute Gasteiger partial charge is 0.326 e. The number of amides is 1. The molecule has 1 unspecified atom stereocenters. The van der Waals surface area contributed by atoms with Gasteiger partial charge in [0.05, 0.1) is 0 Å². The number of aliphatic hydroxyl groups excluding tert-OH is 4. The van der Waals surface area contributed by atoms with Gasteiger partial charge in [-0.3, -0.25) is 9.59 Å². The van der Waals surface area contributed by atoms with Crippen LogP contribution in [0.1, 0.15) is 26.2 Å². The van der Waals surface area contributed by atoms with Crippen LogP contribution in [-0.4, -0.2) is 97.8 Å². The lowest BCUT2D eigenvalue weighted by Gasteiger charge is -2.37. The minimum Gasteiger partial charge on any atom is -0.480 e. The Bertz CT molecular complexity index is 531. The van der Waals surface area contributed by atoms with Crippen LogP contribution in [0.15, 0.2) is 0 Å². The van der Waals surface area contributed by atoms with Crippen LogP contribution in [-0.2, 0) is 19.1 Å². The molecule has 27 heavy (non-hydrogen) atoms. The summed E-state index contributed by atoms with van der Waals surface area (Å²) in [5.41, 5.74) is 0. The van der Waals surface area contributed by atoms with Crippen molar-refractivity contribution in [2.24, 2.45) is 0 Å². The highest BCUT2D eigenvalue weighted by molar-refractivity contribution is 5.86. The van der Waals surface area contributed by atoms with Crippen LogP contribution >= 0.6 is 0 Å². The Morgan fingerprint density at radius 2 is 1.59 bits per heavy atom. The summed E-state index contributed by atoms with van der Waals surface area (Å²) in [7, 11) is 0. The second-order valence-corrected chi connectivity index (χ2v) is 6.33. The predicted molar refractivity (Wildman–Crippen MR) is 87.4 cm³/mol. The monoisotopic (exact) mass is 394 g/mol. The molecule has 1 aliphatic rings. The third-order valence-corrected chi connectivity index (χ3v) is 4.20. The molecular formula is C15H26N2O10. The molecule has 0 saturated carbocycles. The molecule has 0 bridgehead atoms. The highest BCUT2D eigenvalue weighted by atomic mass is 16.6. The maximum atomic E-state index is 12.1. The number of hydrogen-bond acceptors (Lipinski definition) is 9. The number of carboxylic acids is 2. The zero-order chi connectivity index (χ0) is 20.7. The summed E-state index contributed by atoms with van der Waals surface area (Å²) in [6, 6.07) is -2.05. The van der Waals surface area contributed by atoms with E-state index in [0.29, 0.717) is 19.4 Å². The molecule has 12 heteroatoms. The molecular weight excluding hydrogens is 368 g/mol. The average molecular weight is 394 g/mol. The van der Waals surface area contributed by atoms with Crippen molar-refractivity contribution in [3.63, 3.8) is 0 Å². The molecule has 1 aliphatic heterocycles. The van der Waals surface area contributed by atoms with Gasteiger partial charge in [-0.2, -0.15) is 0 Å². The topological polar surface area (TPSA) is 206 Å². The number of carbonyl (C=O) groups excluding carboxylic acids is 1. The molecule has 156 valence electrons. The van der Waals surface area contributed by atoms with Crippen molar-refractivity contribution < 1.29 is 49.8 Å². The van der Waals surface area contributed by atoms with Gasteiger partial charge >= 0.3 is 11.9 Å². The standard InChI is InChI=1S/C15H26N2O10/c1-6(13(22)23)16-5-3-2-4-7(14(24)25)17-12(21)11-9(19)8(18)10(20)15(26)27-11/h6-11,15-16,18-20,26H,2-5H2,1H3,(H,17,21)(H,22,23)(H,24,25)/t6-,7+,8+,9+,10-,11+,15?/m1/s1. The fourth-order valence-corrected chi connectivity index (χ4v) is 2.47. The Kier molecular flexibility index (Phi) is 9.02. The SMILES string of the molecule is C[C@@H](NCCCC[C@H](NC(=O)[C@H]1OC(O)[C@H](O)[C@@H](O)[C@@H]1O)C(=O)O)C(=O)O. The van der Waals surface area contributed by atoms with Crippen LogP contribution in [0.2, 0.25) is 0 Å². The van der Waals surface area contributed by atoms with Crippen molar-refractivity contribution >= 4 is 17.8 Å². The van der Waals surface area contributed by atoms with Gasteiger partial charge in [0.15, 0.2) is 12.4 Å². The number of aliphatic hydroxyl groups is 4. The van der Waals surface area contributed by atoms with Crippen molar-refractivity contribution in [2.75, 3.05) is 6.54 Å². The summed E-state index contributed by atoms with van der Waals surface area (Å²) in [6.07, 6.45) is -8.31. The Morgan fingerprint density at radius 1 is 0.963 bits per heavy atom. The Labute approximate surface area is 154 Å². The van der Waals surface area contributed by atoms with E-state index in [9.17, 15) is 39.9 Å². The summed E-state index contributed by atoms with van der Waals surface area (Å²) in [5.74, 6) is -3.40. The van der Waals surface area contributed by atoms with E-state index in [0.717, 1.165) is 0 Å². The van der Waals surface area contributed by atoms with Crippen molar-refractivity contribution in [3.8, 4) is 0 Å². The molecule has 7 atom stereocenters. The molecule has 0 aromatic heterocycles. The van der Waals surface area contributed by atoms with E-state index in [4.69, 9.17) is 9.84 Å². The normalized spacial score (nSPS) is 30.3. The first-order valence-corrected chi connectivity index (χ1v) is 8.43. The van der Waals surface area contributed by atoms with Gasteiger partial charge < -0.3 is 46.0 Å². The number of carboxylic acid groups (broad SMARTS) is 2. The second-order valence-electron chi connectivity index (χ2n) is 6.33. The van der Waals surface area contributed by atoms with Gasteiger partial charge in [0.25, 0.3) is 5.91 Å². The van der Waals surface area contributed by atoms with Gasteiger partial charge in [-0.05, 0) is 32.7 Å². The van der Waals surface area contributed by atoms with Crippen molar-refractivity contribution in [3.05, 3.63) is 0 Å². The fourth-order valence-electron chi connectivity index (χ4n) is 2.47. The van der Waals surface area contributed by atoms with Gasteiger partial charge in [-0.15, -0.1) is 0 Å². The van der Waals surface area contributed by atoms with Crippen LogP contribution in [0.25, 0.3) is 0 Å². The Morgan fingerprint density at radius 3 is 2.15 bits per heavy atom. The summed E-state index contributed by atoms with van der Waals surface area (Å²) < 4.78 is 4.74. The maximum absolute atomic E-state index is 12.1. The number of aliphatic carboxylic acids is 2. The first kappa shape index (κ1) is 23.2. The predicted octanol–water partition coefficient (Wildman–Crippen LogP) is -3.41. The minimum absolute atomic E-state index is 0.0285. The number of rotatable bonds is 10. The molecule has 1 rings (SSSR count). The quantitative estimate of drug-likeness (QED) is 0.171. The summed E-state index contributed by atoms with van der Waals surface area (Å²) in [5, 5.41) is 61.0. The molecule has 12 nitrogen and oxygen atoms in total. The molecule has 1 fully saturated rings. The van der Waals surface area contributed by atoms with E-state index in [-0.39, 0.29) is 6.42 Å². The van der Waals surface area contributed by atoms with Gasteiger partial charge in [0, 0.05) is 0 Å². The zero-order valence-electron chi connectivity index (χ0n) is 14.7. The average Bonchev–Trinajstić information content (AvgIpc) is 2.60. The van der Waals surface area contributed by atoms with E-state index in [1.54, 1.807) is 0 Å². The van der Waals surface area contributed by atoms with Gasteiger partial charge in [0.1, 0.15) is 30.4 Å². The molecule has 1 saturated heterocycles. The lowest BCUT2D eigenvalue weighted by atomic mass is 9.98. The first-order chi connectivity index (χ1) is 12.6. The van der Waals surface area contributed by atoms with E-state index < -0.39 is 60.6 Å². The lowest BCUT2D eigenvalue weighted by Crippen LogP contribution is -2.62. The van der Waals surface area contributed by atoms with Crippen LogP contribution in [0.4, 0.5) is 0 Å². The molecule has 1 amide bonds. The van der Waals surface area contributed by atoms with Crippen LogP contribution < -0.4 is 10.6 Å². The summed E-state index contributed by atoms with van der Waals surface area (Å²) in [4.78, 5) is 34.1. The summed E-state index contributed by atoms with van der Waals surface area (Å²) >= 11 is 0. The number of carbonyl (C=O) groups is 3. The largest absolute Gasteiger partial charge is 0.480 e. The van der Waals surface area contributed by atoms with Crippen molar-refractivity contribution in [1.82, 2.24) is 10.6 Å². The number of unbranched alkanes of at least 4 members (excludes halogenated alkanes) is 1. The third kappa shape index (κ3) is 6.68. The molecule has 0 spiro atoms. The van der Waals surface area contributed by atoms with Gasteiger partial charge in [-0.1, -0.05) is 0 Å². The Hall–Kier alpha value is -1.83. The van der Waals surface area contributed by atoms with E-state index in [1.807, 2.05) is 0 Å². The molecule has 0 aromatic rings. The number of ether oxygens (including phenoxy) is 1. The number of nitrogens with one attached hydrogen (secondary N) is 2. The van der Waals surface area contributed by atoms with E-state index >= 15 is 0 Å². The third-order valence-electron chi connectivity index (χ3n) is 4.20. The van der Waals surface area contributed by atoms with Crippen LogP contribution in [0.3, 0.4) is 0 Å². The van der Waals surface area contributed by atoms with Crippen LogP contribution in [0.5, 0.6) is 0 Å². The molecule has 0 radical (unpaired) electrons. The molecule has 1 heterocycles. The highest BCUT2D eigenvalue weighted by Crippen LogP contribution is 2.20. The van der Waals surface area contributed by atoms with Crippen molar-refractivity contribution in [1.29, 1.82) is 0 Å². The summed E-state index contributed by atoms with van der Waals surface area (Å²) in [6.45, 7) is 1.81. The molecule has 8 N–H and O–H groups in total. The van der Waals surface area contributed by atoms with Gasteiger partial charge in [0.2, 0.25) is 0 Å². The second kappa shape index (κ2) is 10.5. The van der Waals surface area contributed by atoms with Gasteiger partial charge in [-0.25, -0.2) is 4.79 Å². The highest BCUT2D eigenvalue weighted by Gasteiger charge is 2.46. The van der Waals surface area contributed by atoms with Crippen LogP contribution in [0, 0.1) is 0 Å². The van der Waals surface area contributed by atoms with E-state index in [2.05, 4.69) is 10.6 Å². The lowest BCUT2D eigenvalue weighted by molar-refractivity contribution is -0.275. The Balaban J connectivity index is 2.50. The minimum atomic E-state index is -1.91. The molecule has 0 aromatic carbocycles.